The van der Waals surface area contributed by atoms with Crippen LogP contribution in [0.15, 0.2) is 54.6 Å². The lowest BCUT2D eigenvalue weighted by atomic mass is 10.0. The van der Waals surface area contributed by atoms with E-state index in [1.807, 2.05) is 30.3 Å². The number of carbonyl (C=O) groups is 2. The van der Waals surface area contributed by atoms with E-state index in [4.69, 9.17) is 21.1 Å². The molecule has 0 saturated heterocycles. The van der Waals surface area contributed by atoms with Crippen LogP contribution in [0.5, 0.6) is 5.75 Å². The molecule has 27 heavy (non-hydrogen) atoms. The van der Waals surface area contributed by atoms with Crippen LogP contribution >= 0.6 is 11.6 Å². The topological polar surface area (TPSA) is 76.7 Å². The average Bonchev–Trinajstić information content (AvgIpc) is 2.69. The van der Waals surface area contributed by atoms with Gasteiger partial charge in [-0.15, -0.1) is 0 Å². The van der Waals surface area contributed by atoms with Crippen LogP contribution in [-0.2, 0) is 20.9 Å². The molecule has 0 aliphatic heterocycles. The fourth-order valence-corrected chi connectivity index (χ4v) is 2.55. The Morgan fingerprint density at radius 2 is 1.85 bits per heavy atom. The SMILES string of the molecule is COC(=O)C(C)(COc1ccccc1)NCC(=O)NCc1cccc(Cl)c1. The molecule has 0 aliphatic rings. The summed E-state index contributed by atoms with van der Waals surface area (Å²) in [4.78, 5) is 24.3. The Morgan fingerprint density at radius 1 is 1.11 bits per heavy atom. The van der Waals surface area contributed by atoms with Gasteiger partial charge in [0.2, 0.25) is 5.91 Å². The van der Waals surface area contributed by atoms with Gasteiger partial charge in [0.25, 0.3) is 0 Å². The molecule has 1 atom stereocenters. The Balaban J connectivity index is 1.88. The molecule has 6 nitrogen and oxygen atoms in total. The van der Waals surface area contributed by atoms with Gasteiger partial charge in [0.05, 0.1) is 13.7 Å². The Morgan fingerprint density at radius 3 is 2.52 bits per heavy atom. The number of ether oxygens (including phenoxy) is 2. The molecule has 1 unspecified atom stereocenters. The molecule has 2 aromatic carbocycles. The maximum Gasteiger partial charge on any atom is 0.329 e. The summed E-state index contributed by atoms with van der Waals surface area (Å²) in [5.74, 6) is -0.147. The zero-order chi connectivity index (χ0) is 19.7. The first kappa shape index (κ1) is 20.7. The third-order valence-electron chi connectivity index (χ3n) is 3.92. The van der Waals surface area contributed by atoms with Crippen LogP contribution in [0.4, 0.5) is 0 Å². The first-order chi connectivity index (χ1) is 12.9. The highest BCUT2D eigenvalue weighted by atomic mass is 35.5. The highest BCUT2D eigenvalue weighted by Crippen LogP contribution is 2.14. The van der Waals surface area contributed by atoms with Crippen LogP contribution in [0.1, 0.15) is 12.5 Å². The van der Waals surface area contributed by atoms with Crippen molar-refractivity contribution in [2.45, 2.75) is 19.0 Å². The van der Waals surface area contributed by atoms with Crippen molar-refractivity contribution < 1.29 is 19.1 Å². The Hall–Kier alpha value is -2.57. The van der Waals surface area contributed by atoms with Crippen LogP contribution < -0.4 is 15.4 Å². The number of hydrogen-bond donors (Lipinski definition) is 2. The summed E-state index contributed by atoms with van der Waals surface area (Å²) < 4.78 is 10.5. The molecule has 0 bridgehead atoms. The molecule has 7 heteroatoms. The van der Waals surface area contributed by atoms with Gasteiger partial charge in [0, 0.05) is 11.6 Å². The second-order valence-corrected chi connectivity index (χ2v) is 6.62. The number of carbonyl (C=O) groups excluding carboxylic acids is 2. The Kier molecular flexibility index (Phi) is 7.64. The molecule has 0 spiro atoms. The molecule has 144 valence electrons. The van der Waals surface area contributed by atoms with E-state index in [2.05, 4.69) is 10.6 Å². The van der Waals surface area contributed by atoms with Crippen LogP contribution in [0.3, 0.4) is 0 Å². The van der Waals surface area contributed by atoms with E-state index >= 15 is 0 Å². The van der Waals surface area contributed by atoms with Gasteiger partial charge in [0.1, 0.15) is 17.9 Å². The van der Waals surface area contributed by atoms with Gasteiger partial charge in [-0.25, -0.2) is 4.79 Å². The van der Waals surface area contributed by atoms with Crippen LogP contribution in [0.25, 0.3) is 0 Å². The summed E-state index contributed by atoms with van der Waals surface area (Å²) in [5, 5.41) is 6.31. The summed E-state index contributed by atoms with van der Waals surface area (Å²) in [6.45, 7) is 1.93. The standard InChI is InChI=1S/C20H23ClN2O4/c1-20(19(25)26-2,14-27-17-9-4-3-5-10-17)23-13-18(24)22-12-15-7-6-8-16(21)11-15/h3-11,23H,12-14H2,1-2H3,(H,22,24). The second-order valence-electron chi connectivity index (χ2n) is 6.19. The number of halogens is 1. The molecule has 1 amide bonds. The lowest BCUT2D eigenvalue weighted by Crippen LogP contribution is -2.56. The highest BCUT2D eigenvalue weighted by molar-refractivity contribution is 6.30. The predicted octanol–water partition coefficient (Wildman–Crippen LogP) is 2.56. The van der Waals surface area contributed by atoms with E-state index in [1.165, 1.54) is 7.11 Å². The van der Waals surface area contributed by atoms with E-state index in [9.17, 15) is 9.59 Å². The number of rotatable bonds is 9. The number of para-hydroxylation sites is 1. The van der Waals surface area contributed by atoms with Crippen molar-refractivity contribution in [3.05, 3.63) is 65.2 Å². The van der Waals surface area contributed by atoms with Gasteiger partial charge in [-0.05, 0) is 36.8 Å². The van der Waals surface area contributed by atoms with Gasteiger partial charge in [-0.1, -0.05) is 41.9 Å². The molecular formula is C20H23ClN2O4. The van der Waals surface area contributed by atoms with E-state index in [-0.39, 0.29) is 19.1 Å². The van der Waals surface area contributed by atoms with E-state index in [0.717, 1.165) is 5.56 Å². The van der Waals surface area contributed by atoms with Crippen LogP contribution in [0, 0.1) is 0 Å². The number of benzene rings is 2. The zero-order valence-electron chi connectivity index (χ0n) is 15.3. The van der Waals surface area contributed by atoms with Crippen molar-refractivity contribution >= 4 is 23.5 Å². The smallest absolute Gasteiger partial charge is 0.329 e. The quantitative estimate of drug-likeness (QED) is 0.643. The zero-order valence-corrected chi connectivity index (χ0v) is 16.1. The van der Waals surface area contributed by atoms with E-state index < -0.39 is 11.5 Å². The number of esters is 1. The summed E-state index contributed by atoms with van der Waals surface area (Å²) in [5.41, 5.74) is -0.281. The number of methoxy groups -OCH3 is 1. The molecule has 0 radical (unpaired) electrons. The highest BCUT2D eigenvalue weighted by Gasteiger charge is 2.35. The maximum absolute atomic E-state index is 12.2. The Labute approximate surface area is 163 Å². The summed E-state index contributed by atoms with van der Waals surface area (Å²) in [6.07, 6.45) is 0. The van der Waals surface area contributed by atoms with Gasteiger partial charge in [-0.2, -0.15) is 0 Å². The third-order valence-corrected chi connectivity index (χ3v) is 4.16. The van der Waals surface area contributed by atoms with Crippen molar-refractivity contribution in [2.24, 2.45) is 0 Å². The largest absolute Gasteiger partial charge is 0.491 e. The lowest BCUT2D eigenvalue weighted by molar-refractivity contribution is -0.149. The summed E-state index contributed by atoms with van der Waals surface area (Å²) in [7, 11) is 1.30. The number of amides is 1. The first-order valence-corrected chi connectivity index (χ1v) is 8.83. The molecule has 0 fully saturated rings. The van der Waals surface area contributed by atoms with Crippen molar-refractivity contribution in [3.63, 3.8) is 0 Å². The number of nitrogens with one attached hydrogen (secondary N) is 2. The molecular weight excluding hydrogens is 368 g/mol. The molecule has 2 rings (SSSR count). The molecule has 0 aliphatic carbocycles. The minimum Gasteiger partial charge on any atom is -0.491 e. The minimum absolute atomic E-state index is 0.0191. The average molecular weight is 391 g/mol. The summed E-state index contributed by atoms with van der Waals surface area (Å²) >= 11 is 5.93. The second kappa shape index (κ2) is 9.94. The lowest BCUT2D eigenvalue weighted by Gasteiger charge is -2.27. The summed E-state index contributed by atoms with van der Waals surface area (Å²) in [6, 6.07) is 16.3. The molecule has 0 saturated carbocycles. The predicted molar refractivity (Wildman–Crippen MR) is 104 cm³/mol. The fourth-order valence-electron chi connectivity index (χ4n) is 2.34. The van der Waals surface area contributed by atoms with Gasteiger partial charge < -0.3 is 14.8 Å². The number of hydrogen-bond acceptors (Lipinski definition) is 5. The van der Waals surface area contributed by atoms with Crippen molar-refractivity contribution in [1.82, 2.24) is 10.6 Å². The third kappa shape index (κ3) is 6.58. The van der Waals surface area contributed by atoms with Crippen molar-refractivity contribution in [1.29, 1.82) is 0 Å². The fraction of sp³-hybridized carbons (Fsp3) is 0.300. The van der Waals surface area contributed by atoms with Gasteiger partial charge in [-0.3, -0.25) is 10.1 Å². The normalized spacial score (nSPS) is 12.7. The monoisotopic (exact) mass is 390 g/mol. The first-order valence-electron chi connectivity index (χ1n) is 8.45. The molecule has 2 aromatic rings. The maximum atomic E-state index is 12.2. The molecule has 0 aromatic heterocycles. The van der Waals surface area contributed by atoms with Crippen LogP contribution in [-0.4, -0.2) is 37.7 Å². The van der Waals surface area contributed by atoms with Crippen molar-refractivity contribution in [2.75, 3.05) is 20.3 Å². The van der Waals surface area contributed by atoms with E-state index in [0.29, 0.717) is 17.3 Å². The van der Waals surface area contributed by atoms with Crippen LogP contribution in [0.2, 0.25) is 5.02 Å². The van der Waals surface area contributed by atoms with Gasteiger partial charge >= 0.3 is 5.97 Å². The van der Waals surface area contributed by atoms with E-state index in [1.54, 1.807) is 31.2 Å². The van der Waals surface area contributed by atoms with Crippen molar-refractivity contribution in [3.8, 4) is 5.75 Å². The minimum atomic E-state index is -1.17. The Bertz CT molecular complexity index is 770. The molecule has 0 heterocycles. The molecule has 2 N–H and O–H groups in total. The van der Waals surface area contributed by atoms with Gasteiger partial charge in [0.15, 0.2) is 0 Å².